The van der Waals surface area contributed by atoms with Crippen molar-refractivity contribution in [1.29, 1.82) is 0 Å². The third kappa shape index (κ3) is 3.92. The van der Waals surface area contributed by atoms with Crippen LogP contribution in [0.2, 0.25) is 0 Å². The molecule has 0 amide bonds. The van der Waals surface area contributed by atoms with Crippen LogP contribution in [0, 0.1) is 12.7 Å². The summed E-state index contributed by atoms with van der Waals surface area (Å²) in [4.78, 5) is 13.3. The Balaban J connectivity index is 2.02. The largest absolute Gasteiger partial charge is 0.465 e. The molecular formula is C16H18FNO3. The fourth-order valence-corrected chi connectivity index (χ4v) is 2.14. The lowest BCUT2D eigenvalue weighted by Crippen LogP contribution is -2.17. The number of aryl methyl sites for hydroxylation is 1. The van der Waals surface area contributed by atoms with E-state index in [-0.39, 0.29) is 5.56 Å². The van der Waals surface area contributed by atoms with Gasteiger partial charge in [0, 0.05) is 6.54 Å². The van der Waals surface area contributed by atoms with E-state index in [0.717, 1.165) is 17.1 Å². The van der Waals surface area contributed by atoms with Crippen LogP contribution in [-0.4, -0.2) is 25.0 Å². The van der Waals surface area contributed by atoms with Crippen molar-refractivity contribution in [2.24, 2.45) is 0 Å². The molecule has 0 saturated carbocycles. The van der Waals surface area contributed by atoms with E-state index in [1.807, 2.05) is 31.0 Å². The Bertz CT molecular complexity index is 636. The highest BCUT2D eigenvalue weighted by molar-refractivity contribution is 5.89. The summed E-state index contributed by atoms with van der Waals surface area (Å²) in [6, 6.07) is 8.36. The van der Waals surface area contributed by atoms with Gasteiger partial charge < -0.3 is 9.15 Å². The first-order valence-corrected chi connectivity index (χ1v) is 6.60. The number of methoxy groups -OCH3 is 1. The van der Waals surface area contributed by atoms with Gasteiger partial charge in [-0.2, -0.15) is 0 Å². The molecule has 112 valence electrons. The molecule has 0 aliphatic rings. The lowest BCUT2D eigenvalue weighted by atomic mass is 10.1. The Kier molecular flexibility index (Phi) is 4.75. The molecule has 1 heterocycles. The van der Waals surface area contributed by atoms with Crippen molar-refractivity contribution in [3.63, 3.8) is 0 Å². The Labute approximate surface area is 123 Å². The first-order chi connectivity index (χ1) is 9.99. The third-order valence-corrected chi connectivity index (χ3v) is 3.11. The van der Waals surface area contributed by atoms with Gasteiger partial charge in [0.15, 0.2) is 0 Å². The number of benzene rings is 1. The number of nitrogens with zero attached hydrogens (tertiary/aromatic N) is 1. The number of ether oxygens (including phenoxy) is 1. The molecular weight excluding hydrogens is 273 g/mol. The van der Waals surface area contributed by atoms with Gasteiger partial charge in [0.2, 0.25) is 0 Å². The summed E-state index contributed by atoms with van der Waals surface area (Å²) in [6.45, 7) is 3.08. The number of esters is 1. The van der Waals surface area contributed by atoms with Crippen LogP contribution in [0.4, 0.5) is 4.39 Å². The summed E-state index contributed by atoms with van der Waals surface area (Å²) in [5, 5.41) is 0. The van der Waals surface area contributed by atoms with Crippen molar-refractivity contribution in [3.8, 4) is 0 Å². The van der Waals surface area contributed by atoms with Gasteiger partial charge in [0.05, 0.1) is 19.2 Å². The molecule has 4 nitrogen and oxygen atoms in total. The zero-order valence-corrected chi connectivity index (χ0v) is 12.4. The van der Waals surface area contributed by atoms with Crippen LogP contribution in [0.25, 0.3) is 0 Å². The average molecular weight is 291 g/mol. The molecule has 2 rings (SSSR count). The van der Waals surface area contributed by atoms with E-state index in [2.05, 4.69) is 4.74 Å². The van der Waals surface area contributed by atoms with E-state index < -0.39 is 11.8 Å². The van der Waals surface area contributed by atoms with Gasteiger partial charge in [0.1, 0.15) is 17.3 Å². The van der Waals surface area contributed by atoms with Gasteiger partial charge in [-0.3, -0.25) is 4.90 Å². The zero-order chi connectivity index (χ0) is 15.4. The molecule has 0 bridgehead atoms. The average Bonchev–Trinajstić information content (AvgIpc) is 2.83. The van der Waals surface area contributed by atoms with E-state index in [4.69, 9.17) is 4.42 Å². The normalized spacial score (nSPS) is 10.9. The molecule has 2 aromatic rings. The monoisotopic (exact) mass is 291 g/mol. The smallest absolute Gasteiger partial charge is 0.340 e. The highest BCUT2D eigenvalue weighted by Crippen LogP contribution is 2.15. The van der Waals surface area contributed by atoms with Crippen LogP contribution in [-0.2, 0) is 17.8 Å². The van der Waals surface area contributed by atoms with Gasteiger partial charge in [-0.15, -0.1) is 0 Å². The minimum atomic E-state index is -0.668. The van der Waals surface area contributed by atoms with E-state index in [1.165, 1.54) is 19.2 Å². The molecule has 0 radical (unpaired) electrons. The molecule has 0 aliphatic carbocycles. The fraction of sp³-hybridized carbons (Fsp3) is 0.312. The molecule has 1 aromatic carbocycles. The molecule has 0 unspecified atom stereocenters. The summed E-state index contributed by atoms with van der Waals surface area (Å²) >= 11 is 0. The van der Waals surface area contributed by atoms with E-state index in [0.29, 0.717) is 13.1 Å². The third-order valence-electron chi connectivity index (χ3n) is 3.11. The summed E-state index contributed by atoms with van der Waals surface area (Å²) < 4.78 is 23.9. The topological polar surface area (TPSA) is 42.7 Å². The zero-order valence-electron chi connectivity index (χ0n) is 12.4. The Hall–Kier alpha value is -2.14. The van der Waals surface area contributed by atoms with Crippen molar-refractivity contribution < 1.29 is 18.3 Å². The van der Waals surface area contributed by atoms with Crippen LogP contribution in [0.3, 0.4) is 0 Å². The Morgan fingerprint density at radius 1 is 1.29 bits per heavy atom. The molecule has 0 fully saturated rings. The standard InChI is InChI=1S/C16H18FNO3/c1-11-4-6-13(21-11)10-18(2)9-12-5-7-14(15(17)8-12)16(19)20-3/h4-8H,9-10H2,1-3H3. The van der Waals surface area contributed by atoms with Crippen LogP contribution >= 0.6 is 0 Å². The van der Waals surface area contributed by atoms with Crippen LogP contribution < -0.4 is 0 Å². The van der Waals surface area contributed by atoms with Crippen LogP contribution in [0.15, 0.2) is 34.7 Å². The number of hydrogen-bond donors (Lipinski definition) is 0. The molecule has 0 atom stereocenters. The van der Waals surface area contributed by atoms with Crippen LogP contribution in [0.5, 0.6) is 0 Å². The molecule has 0 saturated heterocycles. The number of rotatable bonds is 5. The summed E-state index contributed by atoms with van der Waals surface area (Å²) in [5.41, 5.74) is 0.733. The molecule has 21 heavy (non-hydrogen) atoms. The number of carbonyl (C=O) groups is 1. The Morgan fingerprint density at radius 2 is 2.05 bits per heavy atom. The van der Waals surface area contributed by atoms with Crippen molar-refractivity contribution in [2.45, 2.75) is 20.0 Å². The van der Waals surface area contributed by atoms with Crippen LogP contribution in [0.1, 0.15) is 27.4 Å². The lowest BCUT2D eigenvalue weighted by molar-refractivity contribution is 0.0595. The van der Waals surface area contributed by atoms with E-state index >= 15 is 0 Å². The fourth-order valence-electron chi connectivity index (χ4n) is 2.14. The van der Waals surface area contributed by atoms with Crippen molar-refractivity contribution in [3.05, 3.63) is 58.8 Å². The SMILES string of the molecule is COC(=O)c1ccc(CN(C)Cc2ccc(C)o2)cc1F. The van der Waals surface area contributed by atoms with Crippen molar-refractivity contribution in [2.75, 3.05) is 14.2 Å². The lowest BCUT2D eigenvalue weighted by Gasteiger charge is -2.15. The first kappa shape index (κ1) is 15.3. The molecule has 0 aliphatic heterocycles. The van der Waals surface area contributed by atoms with Gasteiger partial charge in [-0.1, -0.05) is 6.07 Å². The summed E-state index contributed by atoms with van der Waals surface area (Å²) in [6.07, 6.45) is 0. The predicted octanol–water partition coefficient (Wildman–Crippen LogP) is 3.15. The van der Waals surface area contributed by atoms with Gasteiger partial charge in [0.25, 0.3) is 0 Å². The maximum absolute atomic E-state index is 13.8. The molecule has 0 spiro atoms. The minimum absolute atomic E-state index is 0.0504. The number of furan rings is 1. The second-order valence-corrected chi connectivity index (χ2v) is 4.99. The number of halogens is 1. The van der Waals surface area contributed by atoms with E-state index in [9.17, 15) is 9.18 Å². The van der Waals surface area contributed by atoms with Gasteiger partial charge in [-0.05, 0) is 43.8 Å². The quantitative estimate of drug-likeness (QED) is 0.794. The molecule has 1 aromatic heterocycles. The minimum Gasteiger partial charge on any atom is -0.465 e. The predicted molar refractivity (Wildman–Crippen MR) is 76.4 cm³/mol. The van der Waals surface area contributed by atoms with Gasteiger partial charge in [-0.25, -0.2) is 9.18 Å². The summed E-state index contributed by atoms with van der Waals surface area (Å²) in [5.74, 6) is 0.494. The number of hydrogen-bond acceptors (Lipinski definition) is 4. The van der Waals surface area contributed by atoms with Gasteiger partial charge >= 0.3 is 5.97 Å². The maximum atomic E-state index is 13.8. The second-order valence-electron chi connectivity index (χ2n) is 4.99. The summed E-state index contributed by atoms with van der Waals surface area (Å²) in [7, 11) is 3.15. The molecule has 0 N–H and O–H groups in total. The highest BCUT2D eigenvalue weighted by Gasteiger charge is 2.13. The van der Waals surface area contributed by atoms with E-state index in [1.54, 1.807) is 6.07 Å². The second kappa shape index (κ2) is 6.54. The number of carbonyl (C=O) groups excluding carboxylic acids is 1. The Morgan fingerprint density at radius 3 is 2.62 bits per heavy atom. The first-order valence-electron chi connectivity index (χ1n) is 6.60. The highest BCUT2D eigenvalue weighted by atomic mass is 19.1. The molecule has 5 heteroatoms. The van der Waals surface area contributed by atoms with Crippen molar-refractivity contribution >= 4 is 5.97 Å². The van der Waals surface area contributed by atoms with Crippen molar-refractivity contribution in [1.82, 2.24) is 4.90 Å². The maximum Gasteiger partial charge on any atom is 0.340 e.